The van der Waals surface area contributed by atoms with Crippen LogP contribution in [0.2, 0.25) is 0 Å². The number of hydrogen-bond acceptors (Lipinski definition) is 5. The lowest BCUT2D eigenvalue weighted by Crippen LogP contribution is -2.16. The summed E-state index contributed by atoms with van der Waals surface area (Å²) >= 11 is 1.43. The predicted octanol–water partition coefficient (Wildman–Crippen LogP) is 5.34. The molecule has 0 spiro atoms. The molecular weight excluding hydrogens is 420 g/mol. The zero-order valence-electron chi connectivity index (χ0n) is 19.3. The van der Waals surface area contributed by atoms with Crippen molar-refractivity contribution in [3.8, 4) is 5.75 Å². The minimum Gasteiger partial charge on any atom is -0.497 e. The lowest BCUT2D eigenvalue weighted by Gasteiger charge is -2.13. The van der Waals surface area contributed by atoms with Crippen molar-refractivity contribution in [2.75, 3.05) is 18.2 Å². The fourth-order valence-electron chi connectivity index (χ4n) is 3.60. The number of anilines is 1. The maximum Gasteiger partial charge on any atom is 0.234 e. The number of thioether (sulfide) groups is 1. The maximum atomic E-state index is 12.5. The highest BCUT2D eigenvalue weighted by molar-refractivity contribution is 7.99. The molecule has 7 heteroatoms. The Hall–Kier alpha value is -2.80. The van der Waals surface area contributed by atoms with Gasteiger partial charge in [0.1, 0.15) is 11.6 Å². The number of aryl methyl sites for hydroxylation is 2. The van der Waals surface area contributed by atoms with Gasteiger partial charge in [-0.25, -0.2) is 0 Å². The van der Waals surface area contributed by atoms with Crippen LogP contribution in [0.4, 0.5) is 5.69 Å². The number of nitrogens with one attached hydrogen (secondary N) is 1. The summed E-state index contributed by atoms with van der Waals surface area (Å²) in [6.45, 7) is 7.11. The second kappa shape index (κ2) is 11.7. The Morgan fingerprint density at radius 3 is 2.53 bits per heavy atom. The summed E-state index contributed by atoms with van der Waals surface area (Å²) in [7, 11) is 1.68. The van der Waals surface area contributed by atoms with Crippen LogP contribution in [0.5, 0.6) is 5.75 Å². The van der Waals surface area contributed by atoms with Crippen LogP contribution in [-0.4, -0.2) is 33.5 Å². The van der Waals surface area contributed by atoms with E-state index in [9.17, 15) is 4.79 Å². The van der Waals surface area contributed by atoms with Crippen LogP contribution in [0.25, 0.3) is 0 Å². The molecule has 0 radical (unpaired) electrons. The Bertz CT molecular complexity index is 1020. The molecule has 0 aliphatic carbocycles. The van der Waals surface area contributed by atoms with Crippen LogP contribution in [0.3, 0.4) is 0 Å². The quantitative estimate of drug-likeness (QED) is 0.398. The Morgan fingerprint density at radius 2 is 1.84 bits per heavy atom. The van der Waals surface area contributed by atoms with Crippen LogP contribution >= 0.6 is 11.8 Å². The van der Waals surface area contributed by atoms with E-state index < -0.39 is 0 Å². The molecule has 0 aliphatic rings. The van der Waals surface area contributed by atoms with E-state index in [-0.39, 0.29) is 5.91 Å². The minimum absolute atomic E-state index is 0.0326. The van der Waals surface area contributed by atoms with E-state index in [1.165, 1.54) is 17.3 Å². The van der Waals surface area contributed by atoms with Crippen molar-refractivity contribution in [1.29, 1.82) is 0 Å². The second-order valence-corrected chi connectivity index (χ2v) is 8.87. The third-order valence-electron chi connectivity index (χ3n) is 5.32. The van der Waals surface area contributed by atoms with Gasteiger partial charge in [0.15, 0.2) is 5.16 Å². The number of rotatable bonds is 11. The predicted molar refractivity (Wildman–Crippen MR) is 131 cm³/mol. The molecule has 0 saturated carbocycles. The first-order valence-electron chi connectivity index (χ1n) is 11.1. The van der Waals surface area contributed by atoms with Crippen molar-refractivity contribution >= 4 is 23.4 Å². The zero-order valence-corrected chi connectivity index (χ0v) is 20.1. The lowest BCUT2D eigenvalue weighted by atomic mass is 10.0. The van der Waals surface area contributed by atoms with Gasteiger partial charge < -0.3 is 14.6 Å². The standard InChI is InChI=1S/C25H32N4O2S/c1-5-29-23(12-8-9-19-13-15-20(31-4)16-14-19)27-28-25(29)32-17-24(30)26-22-11-7-6-10-21(22)18(2)3/h6-7,10-11,13-16,18H,5,8-9,12,17H2,1-4H3,(H,26,30). The van der Waals surface area contributed by atoms with E-state index in [1.807, 2.05) is 30.3 Å². The topological polar surface area (TPSA) is 69.0 Å². The van der Waals surface area contributed by atoms with E-state index >= 15 is 0 Å². The normalized spacial score (nSPS) is 11.0. The van der Waals surface area contributed by atoms with Gasteiger partial charge in [-0.2, -0.15) is 0 Å². The molecule has 3 rings (SSSR count). The minimum atomic E-state index is -0.0326. The summed E-state index contributed by atoms with van der Waals surface area (Å²) in [6.07, 6.45) is 2.81. The number of hydrogen-bond donors (Lipinski definition) is 1. The highest BCUT2D eigenvalue weighted by Gasteiger charge is 2.14. The van der Waals surface area contributed by atoms with E-state index in [2.05, 4.69) is 59.1 Å². The highest BCUT2D eigenvalue weighted by Crippen LogP contribution is 2.24. The molecule has 0 bridgehead atoms. The summed E-state index contributed by atoms with van der Waals surface area (Å²) in [6, 6.07) is 16.1. The van der Waals surface area contributed by atoms with Crippen LogP contribution in [-0.2, 0) is 24.2 Å². The van der Waals surface area contributed by atoms with Crippen LogP contribution in [0, 0.1) is 0 Å². The van der Waals surface area contributed by atoms with Crippen molar-refractivity contribution in [3.05, 3.63) is 65.5 Å². The van der Waals surface area contributed by atoms with Gasteiger partial charge in [-0.15, -0.1) is 10.2 Å². The van der Waals surface area contributed by atoms with E-state index in [1.54, 1.807) is 7.11 Å². The first-order chi connectivity index (χ1) is 15.5. The first kappa shape index (κ1) is 23.9. The number of benzene rings is 2. The Labute approximate surface area is 194 Å². The summed E-state index contributed by atoms with van der Waals surface area (Å²) in [5.41, 5.74) is 3.30. The van der Waals surface area contributed by atoms with Gasteiger partial charge in [-0.05, 0) is 55.0 Å². The molecule has 2 aromatic carbocycles. The summed E-state index contributed by atoms with van der Waals surface area (Å²) in [5.74, 6) is 2.46. The highest BCUT2D eigenvalue weighted by atomic mass is 32.2. The lowest BCUT2D eigenvalue weighted by molar-refractivity contribution is -0.113. The monoisotopic (exact) mass is 452 g/mol. The SMILES string of the molecule is CCn1c(CCCc2ccc(OC)cc2)nnc1SCC(=O)Nc1ccccc1C(C)C. The van der Waals surface area contributed by atoms with Crippen molar-refractivity contribution in [2.45, 2.75) is 57.7 Å². The molecule has 0 unspecified atom stereocenters. The molecular formula is C25H32N4O2S. The third-order valence-corrected chi connectivity index (χ3v) is 6.29. The summed E-state index contributed by atoms with van der Waals surface area (Å²) in [4.78, 5) is 12.5. The van der Waals surface area contributed by atoms with Gasteiger partial charge in [-0.1, -0.05) is 55.9 Å². The Balaban J connectivity index is 1.53. The average Bonchev–Trinajstić information content (AvgIpc) is 3.20. The van der Waals surface area contributed by atoms with Gasteiger partial charge in [0, 0.05) is 18.7 Å². The molecule has 0 atom stereocenters. The van der Waals surface area contributed by atoms with Crippen LogP contribution in [0.15, 0.2) is 53.7 Å². The molecule has 0 saturated heterocycles. The smallest absolute Gasteiger partial charge is 0.234 e. The largest absolute Gasteiger partial charge is 0.497 e. The van der Waals surface area contributed by atoms with E-state index in [0.29, 0.717) is 11.7 Å². The molecule has 1 N–H and O–H groups in total. The summed E-state index contributed by atoms with van der Waals surface area (Å²) < 4.78 is 7.32. The zero-order chi connectivity index (χ0) is 22.9. The molecule has 1 amide bonds. The van der Waals surface area contributed by atoms with E-state index in [4.69, 9.17) is 4.74 Å². The van der Waals surface area contributed by atoms with Gasteiger partial charge in [0.2, 0.25) is 5.91 Å². The van der Waals surface area contributed by atoms with Crippen molar-refractivity contribution < 1.29 is 9.53 Å². The van der Waals surface area contributed by atoms with Crippen molar-refractivity contribution in [2.24, 2.45) is 0 Å². The van der Waals surface area contributed by atoms with Crippen molar-refractivity contribution in [1.82, 2.24) is 14.8 Å². The first-order valence-corrected chi connectivity index (χ1v) is 12.1. The molecule has 32 heavy (non-hydrogen) atoms. The Kier molecular flexibility index (Phi) is 8.73. The molecule has 6 nitrogen and oxygen atoms in total. The number of carbonyl (C=O) groups is 1. The molecule has 0 aliphatic heterocycles. The molecule has 0 fully saturated rings. The number of carbonyl (C=O) groups excluding carboxylic acids is 1. The van der Waals surface area contributed by atoms with Gasteiger partial charge in [0.05, 0.1) is 12.9 Å². The fraction of sp³-hybridized carbons (Fsp3) is 0.400. The number of methoxy groups -OCH3 is 1. The number of para-hydroxylation sites is 1. The number of amides is 1. The summed E-state index contributed by atoms with van der Waals surface area (Å²) in [5, 5.41) is 12.6. The number of nitrogens with zero attached hydrogens (tertiary/aromatic N) is 3. The maximum absolute atomic E-state index is 12.5. The average molecular weight is 453 g/mol. The molecule has 1 aromatic heterocycles. The van der Waals surface area contributed by atoms with Gasteiger partial charge in [-0.3, -0.25) is 4.79 Å². The number of ether oxygens (including phenoxy) is 1. The third kappa shape index (κ3) is 6.36. The van der Waals surface area contributed by atoms with E-state index in [0.717, 1.165) is 53.8 Å². The van der Waals surface area contributed by atoms with Crippen molar-refractivity contribution in [3.63, 3.8) is 0 Å². The van der Waals surface area contributed by atoms with Crippen LogP contribution in [0.1, 0.15) is 50.1 Å². The van der Waals surface area contributed by atoms with Gasteiger partial charge >= 0.3 is 0 Å². The Morgan fingerprint density at radius 1 is 1.09 bits per heavy atom. The fourth-order valence-corrected chi connectivity index (χ4v) is 4.42. The number of aromatic nitrogens is 3. The molecule has 170 valence electrons. The molecule has 1 heterocycles. The van der Waals surface area contributed by atoms with Crippen LogP contribution < -0.4 is 10.1 Å². The molecule has 3 aromatic rings. The van der Waals surface area contributed by atoms with Gasteiger partial charge in [0.25, 0.3) is 0 Å². The second-order valence-electron chi connectivity index (χ2n) is 7.92.